The molecule has 0 aromatic heterocycles. The predicted molar refractivity (Wildman–Crippen MR) is 171 cm³/mol. The van der Waals surface area contributed by atoms with Crippen molar-refractivity contribution in [2.75, 3.05) is 33.0 Å². The van der Waals surface area contributed by atoms with E-state index in [9.17, 15) is 14.7 Å². The molecule has 1 fully saturated rings. The van der Waals surface area contributed by atoms with Crippen molar-refractivity contribution in [2.24, 2.45) is 17.8 Å². The van der Waals surface area contributed by atoms with Gasteiger partial charge in [0.1, 0.15) is 6.29 Å². The zero-order chi connectivity index (χ0) is 31.5. The summed E-state index contributed by atoms with van der Waals surface area (Å²) in [6.45, 7) is 12.3. The lowest BCUT2D eigenvalue weighted by Gasteiger charge is -2.31. The Hall–Kier alpha value is -2.32. The number of ether oxygens (including phenoxy) is 3. The molecule has 0 bridgehead atoms. The standard InChI is InChI=1S/C32H50O5.C4H6O2/c1-4-5-6-9-25-14-16-30-19-26(15-17-29(30)18-25)12-13-28-22-35-31(36-23-28)11-8-7-10-27(20-33)21-37-32(34)24(2)3;1-4(2-5)3-6/h14,16,18,26-28,31,33H,2,4-13,15,17,19-23H2,1,3H3;2,6H,1,3H2. The SMILES string of the molecule is C=C(C)C(=O)OCC(CO)CCCCC1OCC(CCC2CCc3cc(CCCCC)ccc3C2)CO1.C=C(C=O)CO. The van der Waals surface area contributed by atoms with Crippen LogP contribution in [0, 0.1) is 17.8 Å². The molecule has 242 valence electrons. The number of aliphatic hydroxyl groups is 2. The lowest BCUT2D eigenvalue weighted by Crippen LogP contribution is -2.32. The Morgan fingerprint density at radius 2 is 1.79 bits per heavy atom. The minimum absolute atomic E-state index is 0.0221. The van der Waals surface area contributed by atoms with Crippen molar-refractivity contribution in [3.63, 3.8) is 0 Å². The van der Waals surface area contributed by atoms with Crippen LogP contribution >= 0.6 is 0 Å². The van der Waals surface area contributed by atoms with Gasteiger partial charge >= 0.3 is 5.97 Å². The molecule has 1 aliphatic heterocycles. The summed E-state index contributed by atoms with van der Waals surface area (Å²) in [5, 5.41) is 17.5. The van der Waals surface area contributed by atoms with Crippen molar-refractivity contribution >= 4 is 12.3 Å². The molecule has 43 heavy (non-hydrogen) atoms. The molecule has 2 atom stereocenters. The summed E-state index contributed by atoms with van der Waals surface area (Å²) in [5.74, 6) is 0.864. The predicted octanol–water partition coefficient (Wildman–Crippen LogP) is 6.32. The molecule has 3 rings (SSSR count). The molecule has 2 unspecified atom stereocenters. The van der Waals surface area contributed by atoms with Crippen LogP contribution in [0.2, 0.25) is 0 Å². The maximum absolute atomic E-state index is 11.5. The highest BCUT2D eigenvalue weighted by Gasteiger charge is 2.25. The van der Waals surface area contributed by atoms with E-state index in [1.807, 2.05) is 0 Å². The number of carbonyl (C=O) groups excluding carboxylic acids is 2. The highest BCUT2D eigenvalue weighted by molar-refractivity contribution is 5.86. The van der Waals surface area contributed by atoms with Crippen molar-refractivity contribution in [3.05, 3.63) is 59.2 Å². The molecule has 1 saturated heterocycles. The number of unbranched alkanes of at least 4 members (excludes halogenated alkanes) is 3. The number of aryl methyl sites for hydroxylation is 2. The van der Waals surface area contributed by atoms with Crippen molar-refractivity contribution < 1.29 is 34.0 Å². The molecule has 7 heteroatoms. The molecular weight excluding hydrogens is 544 g/mol. The van der Waals surface area contributed by atoms with Crippen LogP contribution in [0.5, 0.6) is 0 Å². The van der Waals surface area contributed by atoms with Gasteiger partial charge in [-0.1, -0.05) is 57.5 Å². The number of esters is 1. The molecule has 2 N–H and O–H groups in total. The smallest absolute Gasteiger partial charge is 0.333 e. The minimum Gasteiger partial charge on any atom is -0.462 e. The number of carbonyl (C=O) groups is 2. The van der Waals surface area contributed by atoms with E-state index < -0.39 is 5.97 Å². The highest BCUT2D eigenvalue weighted by atomic mass is 16.7. The van der Waals surface area contributed by atoms with Crippen molar-refractivity contribution in [3.8, 4) is 0 Å². The van der Waals surface area contributed by atoms with Gasteiger partial charge in [-0.3, -0.25) is 4.79 Å². The van der Waals surface area contributed by atoms with Crippen LogP contribution in [0.4, 0.5) is 0 Å². The minimum atomic E-state index is -0.392. The van der Waals surface area contributed by atoms with Crippen LogP contribution in [0.15, 0.2) is 42.5 Å². The van der Waals surface area contributed by atoms with Gasteiger partial charge in [0.15, 0.2) is 6.29 Å². The van der Waals surface area contributed by atoms with Gasteiger partial charge in [0, 0.05) is 29.6 Å². The van der Waals surface area contributed by atoms with E-state index >= 15 is 0 Å². The summed E-state index contributed by atoms with van der Waals surface area (Å²) in [7, 11) is 0. The first-order chi connectivity index (χ1) is 20.8. The summed E-state index contributed by atoms with van der Waals surface area (Å²) in [5.41, 5.74) is 5.29. The second kappa shape index (κ2) is 21.4. The number of rotatable bonds is 18. The summed E-state index contributed by atoms with van der Waals surface area (Å²) in [6, 6.07) is 7.24. The maximum atomic E-state index is 11.5. The average molecular weight is 601 g/mol. The summed E-state index contributed by atoms with van der Waals surface area (Å²) < 4.78 is 17.2. The molecule has 1 aliphatic carbocycles. The van der Waals surface area contributed by atoms with E-state index in [0.717, 1.165) is 44.8 Å². The zero-order valence-corrected chi connectivity index (χ0v) is 26.7. The molecule has 0 radical (unpaired) electrons. The highest BCUT2D eigenvalue weighted by Crippen LogP contribution is 2.31. The van der Waals surface area contributed by atoms with Crippen molar-refractivity contribution in [1.82, 2.24) is 0 Å². The van der Waals surface area contributed by atoms with Crippen molar-refractivity contribution in [1.29, 1.82) is 0 Å². The summed E-state index contributed by atoms with van der Waals surface area (Å²) in [4.78, 5) is 21.0. The van der Waals surface area contributed by atoms with Crippen LogP contribution in [0.25, 0.3) is 0 Å². The molecule has 2 aliphatic rings. The lowest BCUT2D eigenvalue weighted by atomic mass is 9.80. The van der Waals surface area contributed by atoms with Crippen LogP contribution in [-0.4, -0.2) is 61.8 Å². The second-order valence-corrected chi connectivity index (χ2v) is 12.4. The lowest BCUT2D eigenvalue weighted by molar-refractivity contribution is -0.204. The molecule has 0 amide bonds. The second-order valence-electron chi connectivity index (χ2n) is 12.4. The van der Waals surface area contributed by atoms with Crippen LogP contribution < -0.4 is 0 Å². The third-order valence-corrected chi connectivity index (χ3v) is 8.42. The molecule has 7 nitrogen and oxygen atoms in total. The average Bonchev–Trinajstić information content (AvgIpc) is 3.03. The fourth-order valence-corrected chi connectivity index (χ4v) is 5.58. The van der Waals surface area contributed by atoms with E-state index in [1.54, 1.807) is 18.1 Å². The van der Waals surface area contributed by atoms with Gasteiger partial charge in [-0.05, 0) is 93.7 Å². The largest absolute Gasteiger partial charge is 0.462 e. The zero-order valence-electron chi connectivity index (χ0n) is 26.7. The first kappa shape index (κ1) is 36.9. The Balaban J connectivity index is 0.000000973. The number of hydrogen-bond acceptors (Lipinski definition) is 7. The van der Waals surface area contributed by atoms with Gasteiger partial charge in [0.2, 0.25) is 0 Å². The summed E-state index contributed by atoms with van der Waals surface area (Å²) in [6.07, 6.45) is 15.4. The van der Waals surface area contributed by atoms with Gasteiger partial charge in [-0.2, -0.15) is 0 Å². The maximum Gasteiger partial charge on any atom is 0.333 e. The van der Waals surface area contributed by atoms with E-state index in [4.69, 9.17) is 19.3 Å². The van der Waals surface area contributed by atoms with E-state index in [-0.39, 0.29) is 37.6 Å². The first-order valence-corrected chi connectivity index (χ1v) is 16.3. The Morgan fingerprint density at radius 3 is 2.42 bits per heavy atom. The monoisotopic (exact) mass is 600 g/mol. The molecule has 1 heterocycles. The number of benzene rings is 1. The molecular formula is C36H56O7. The Morgan fingerprint density at radius 1 is 1.05 bits per heavy atom. The van der Waals surface area contributed by atoms with Gasteiger partial charge in [0.25, 0.3) is 0 Å². The Bertz CT molecular complexity index is 980. The fourth-order valence-electron chi connectivity index (χ4n) is 5.58. The quantitative estimate of drug-likeness (QED) is 0.0880. The normalized spacial score (nSPS) is 20.2. The number of aliphatic hydroxyl groups excluding tert-OH is 2. The Kier molecular flexibility index (Phi) is 18.3. The number of aldehydes is 1. The van der Waals surface area contributed by atoms with Crippen molar-refractivity contribution in [2.45, 2.75) is 104 Å². The van der Waals surface area contributed by atoms with E-state index in [2.05, 4.69) is 38.3 Å². The van der Waals surface area contributed by atoms with E-state index in [1.165, 1.54) is 63.4 Å². The number of fused-ring (bicyclic) bond motifs is 1. The fraction of sp³-hybridized carbons (Fsp3) is 0.667. The van der Waals surface area contributed by atoms with Crippen LogP contribution in [0.3, 0.4) is 0 Å². The molecule has 1 aromatic carbocycles. The van der Waals surface area contributed by atoms with Gasteiger partial charge in [-0.15, -0.1) is 0 Å². The number of hydrogen-bond donors (Lipinski definition) is 2. The van der Waals surface area contributed by atoms with Gasteiger partial charge in [0.05, 0.1) is 26.4 Å². The van der Waals surface area contributed by atoms with Gasteiger partial charge in [-0.25, -0.2) is 4.79 Å². The molecule has 0 spiro atoms. The van der Waals surface area contributed by atoms with Crippen LogP contribution in [0.1, 0.15) is 94.7 Å². The summed E-state index contributed by atoms with van der Waals surface area (Å²) >= 11 is 0. The van der Waals surface area contributed by atoms with Gasteiger partial charge < -0.3 is 24.4 Å². The first-order valence-electron chi connectivity index (χ1n) is 16.3. The Labute approximate surface area is 259 Å². The molecule has 0 saturated carbocycles. The third kappa shape index (κ3) is 14.8. The third-order valence-electron chi connectivity index (χ3n) is 8.42. The van der Waals surface area contributed by atoms with Crippen LogP contribution in [-0.2, 0) is 43.1 Å². The van der Waals surface area contributed by atoms with E-state index in [0.29, 0.717) is 17.8 Å². The molecule has 1 aromatic rings. The topological polar surface area (TPSA) is 102 Å².